The molecule has 120 valence electrons. The van der Waals surface area contributed by atoms with Crippen molar-refractivity contribution < 1.29 is 14.1 Å². The molecular formula is C18H15N3O3. The number of hydrogen-bond donors (Lipinski definition) is 0. The molecule has 0 aliphatic carbocycles. The second-order valence-corrected chi connectivity index (χ2v) is 5.57. The highest BCUT2D eigenvalue weighted by molar-refractivity contribution is 5.97. The standard InChI is InChI=1S/C18H15N3O3/c1-12-6-2-3-7-13(12)18-19-16(20-24-18)10-21-14-8-4-5-9-15(14)23-11-17(21)22/h2-9H,10-11H2,1H3. The maximum absolute atomic E-state index is 12.2. The Morgan fingerprint density at radius 1 is 1.12 bits per heavy atom. The van der Waals surface area contributed by atoms with Crippen LogP contribution in [0.5, 0.6) is 5.75 Å². The van der Waals surface area contributed by atoms with Gasteiger partial charge in [-0.2, -0.15) is 4.98 Å². The van der Waals surface area contributed by atoms with E-state index in [1.165, 1.54) is 0 Å². The predicted molar refractivity (Wildman–Crippen MR) is 87.6 cm³/mol. The molecule has 2 aromatic carbocycles. The van der Waals surface area contributed by atoms with Crippen LogP contribution in [0.3, 0.4) is 0 Å². The van der Waals surface area contributed by atoms with Gasteiger partial charge in [0.1, 0.15) is 5.75 Å². The summed E-state index contributed by atoms with van der Waals surface area (Å²) in [5, 5.41) is 4.01. The highest BCUT2D eigenvalue weighted by atomic mass is 16.5. The molecule has 2 heterocycles. The van der Waals surface area contributed by atoms with Gasteiger partial charge in [0, 0.05) is 5.56 Å². The Morgan fingerprint density at radius 3 is 2.79 bits per heavy atom. The van der Waals surface area contributed by atoms with Crippen molar-refractivity contribution in [3.63, 3.8) is 0 Å². The first-order chi connectivity index (χ1) is 11.7. The number of hydrogen-bond acceptors (Lipinski definition) is 5. The lowest BCUT2D eigenvalue weighted by atomic mass is 10.1. The summed E-state index contributed by atoms with van der Waals surface area (Å²) in [5.41, 5.74) is 2.67. The molecule has 0 unspecified atom stereocenters. The predicted octanol–water partition coefficient (Wildman–Crippen LogP) is 2.97. The number of rotatable bonds is 3. The van der Waals surface area contributed by atoms with Crippen LogP contribution < -0.4 is 9.64 Å². The van der Waals surface area contributed by atoms with Crippen molar-refractivity contribution in [1.82, 2.24) is 10.1 Å². The average Bonchev–Trinajstić information content (AvgIpc) is 3.06. The van der Waals surface area contributed by atoms with Crippen molar-refractivity contribution in [2.45, 2.75) is 13.5 Å². The molecule has 6 nitrogen and oxygen atoms in total. The van der Waals surface area contributed by atoms with E-state index in [2.05, 4.69) is 10.1 Å². The molecule has 1 aliphatic rings. The van der Waals surface area contributed by atoms with Crippen LogP contribution in [0.15, 0.2) is 53.1 Å². The Bertz CT molecular complexity index is 904. The molecular weight excluding hydrogens is 306 g/mol. The number of aromatic nitrogens is 2. The fourth-order valence-electron chi connectivity index (χ4n) is 2.71. The third kappa shape index (κ3) is 2.52. The van der Waals surface area contributed by atoms with Gasteiger partial charge in [0.2, 0.25) is 0 Å². The van der Waals surface area contributed by atoms with Crippen molar-refractivity contribution in [3.05, 3.63) is 59.9 Å². The molecule has 0 N–H and O–H groups in total. The van der Waals surface area contributed by atoms with Gasteiger partial charge in [-0.3, -0.25) is 9.69 Å². The highest BCUT2D eigenvalue weighted by Gasteiger charge is 2.26. The number of aryl methyl sites for hydroxylation is 1. The van der Waals surface area contributed by atoms with Crippen LogP contribution in [-0.2, 0) is 11.3 Å². The minimum Gasteiger partial charge on any atom is -0.482 e. The first kappa shape index (κ1) is 14.4. The Morgan fingerprint density at radius 2 is 1.92 bits per heavy atom. The molecule has 6 heteroatoms. The SMILES string of the molecule is Cc1ccccc1-c1nc(CN2C(=O)COc3ccccc32)no1. The summed E-state index contributed by atoms with van der Waals surface area (Å²) in [4.78, 5) is 18.3. The molecule has 1 aliphatic heterocycles. The number of para-hydroxylation sites is 2. The summed E-state index contributed by atoms with van der Waals surface area (Å²) in [5.74, 6) is 1.46. The molecule has 0 radical (unpaired) electrons. The molecule has 1 aromatic heterocycles. The van der Waals surface area contributed by atoms with Crippen LogP contribution in [-0.4, -0.2) is 22.7 Å². The average molecular weight is 321 g/mol. The first-order valence-corrected chi connectivity index (χ1v) is 7.63. The Balaban J connectivity index is 1.63. The first-order valence-electron chi connectivity index (χ1n) is 7.63. The largest absolute Gasteiger partial charge is 0.482 e. The van der Waals surface area contributed by atoms with Crippen molar-refractivity contribution in [2.75, 3.05) is 11.5 Å². The molecule has 0 atom stereocenters. The summed E-state index contributed by atoms with van der Waals surface area (Å²) in [6, 6.07) is 15.2. The third-order valence-corrected chi connectivity index (χ3v) is 3.95. The van der Waals surface area contributed by atoms with Gasteiger partial charge in [-0.15, -0.1) is 0 Å². The molecule has 1 amide bonds. The van der Waals surface area contributed by atoms with Gasteiger partial charge in [0.05, 0.1) is 12.2 Å². The number of amides is 1. The van der Waals surface area contributed by atoms with E-state index in [9.17, 15) is 4.79 Å². The van der Waals surface area contributed by atoms with Crippen LogP contribution >= 0.6 is 0 Å². The smallest absolute Gasteiger partial charge is 0.265 e. The van der Waals surface area contributed by atoms with E-state index in [-0.39, 0.29) is 19.1 Å². The molecule has 0 bridgehead atoms. The zero-order valence-electron chi connectivity index (χ0n) is 13.1. The van der Waals surface area contributed by atoms with E-state index < -0.39 is 0 Å². The van der Waals surface area contributed by atoms with Crippen molar-refractivity contribution in [1.29, 1.82) is 0 Å². The van der Waals surface area contributed by atoms with E-state index in [1.54, 1.807) is 4.90 Å². The van der Waals surface area contributed by atoms with E-state index in [0.717, 1.165) is 16.8 Å². The molecule has 4 rings (SSSR count). The lowest BCUT2D eigenvalue weighted by molar-refractivity contribution is -0.121. The lowest BCUT2D eigenvalue weighted by Gasteiger charge is -2.28. The van der Waals surface area contributed by atoms with E-state index in [0.29, 0.717) is 17.5 Å². The number of carbonyl (C=O) groups excluding carboxylic acids is 1. The zero-order valence-corrected chi connectivity index (χ0v) is 13.1. The van der Waals surface area contributed by atoms with Crippen molar-refractivity contribution in [2.24, 2.45) is 0 Å². The van der Waals surface area contributed by atoms with Gasteiger partial charge >= 0.3 is 0 Å². The maximum atomic E-state index is 12.2. The Kier molecular flexibility index (Phi) is 3.49. The van der Waals surface area contributed by atoms with Gasteiger partial charge in [0.25, 0.3) is 11.8 Å². The quantitative estimate of drug-likeness (QED) is 0.742. The summed E-state index contributed by atoms with van der Waals surface area (Å²) in [6.07, 6.45) is 0. The minimum absolute atomic E-state index is 0.0134. The van der Waals surface area contributed by atoms with Crippen LogP contribution in [0.2, 0.25) is 0 Å². The van der Waals surface area contributed by atoms with E-state index in [4.69, 9.17) is 9.26 Å². The normalized spacial score (nSPS) is 13.5. The zero-order chi connectivity index (χ0) is 16.5. The molecule has 0 saturated carbocycles. The van der Waals surface area contributed by atoms with E-state index >= 15 is 0 Å². The second-order valence-electron chi connectivity index (χ2n) is 5.57. The van der Waals surface area contributed by atoms with Gasteiger partial charge in [-0.05, 0) is 30.7 Å². The van der Waals surface area contributed by atoms with Crippen molar-refractivity contribution in [3.8, 4) is 17.2 Å². The summed E-state index contributed by atoms with van der Waals surface area (Å²) in [6.45, 7) is 2.25. The topological polar surface area (TPSA) is 68.5 Å². The third-order valence-electron chi connectivity index (χ3n) is 3.95. The van der Waals surface area contributed by atoms with Gasteiger partial charge in [0.15, 0.2) is 12.4 Å². The number of nitrogens with zero attached hydrogens (tertiary/aromatic N) is 3. The number of ether oxygens (including phenoxy) is 1. The highest BCUT2D eigenvalue weighted by Crippen LogP contribution is 2.32. The van der Waals surface area contributed by atoms with Crippen molar-refractivity contribution >= 4 is 11.6 Å². The summed E-state index contributed by atoms with van der Waals surface area (Å²) < 4.78 is 10.8. The molecule has 24 heavy (non-hydrogen) atoms. The molecule has 0 spiro atoms. The Labute approximate surface area is 138 Å². The monoisotopic (exact) mass is 321 g/mol. The molecule has 0 saturated heterocycles. The number of anilines is 1. The second kappa shape index (κ2) is 5.81. The van der Waals surface area contributed by atoms with Gasteiger partial charge < -0.3 is 9.26 Å². The van der Waals surface area contributed by atoms with Crippen LogP contribution in [0, 0.1) is 6.92 Å². The number of fused-ring (bicyclic) bond motifs is 1. The summed E-state index contributed by atoms with van der Waals surface area (Å²) in [7, 11) is 0. The number of benzene rings is 2. The maximum Gasteiger partial charge on any atom is 0.265 e. The van der Waals surface area contributed by atoms with Crippen LogP contribution in [0.25, 0.3) is 11.5 Å². The van der Waals surface area contributed by atoms with Gasteiger partial charge in [-0.1, -0.05) is 35.5 Å². The fourth-order valence-corrected chi connectivity index (χ4v) is 2.71. The number of carbonyl (C=O) groups is 1. The minimum atomic E-state index is -0.129. The van der Waals surface area contributed by atoms with Gasteiger partial charge in [-0.25, -0.2) is 0 Å². The summed E-state index contributed by atoms with van der Waals surface area (Å²) >= 11 is 0. The van der Waals surface area contributed by atoms with E-state index in [1.807, 2.05) is 55.5 Å². The van der Waals surface area contributed by atoms with Crippen LogP contribution in [0.4, 0.5) is 5.69 Å². The molecule has 3 aromatic rings. The fraction of sp³-hybridized carbons (Fsp3) is 0.167. The lowest BCUT2D eigenvalue weighted by Crippen LogP contribution is -2.38. The Hall–Kier alpha value is -3.15. The molecule has 0 fully saturated rings. The van der Waals surface area contributed by atoms with Crippen LogP contribution in [0.1, 0.15) is 11.4 Å².